The van der Waals surface area contributed by atoms with Gasteiger partial charge in [-0.3, -0.25) is 9.59 Å². The van der Waals surface area contributed by atoms with E-state index in [9.17, 15) is 9.59 Å². The van der Waals surface area contributed by atoms with Crippen LogP contribution in [0.25, 0.3) is 11.3 Å². The van der Waals surface area contributed by atoms with Crippen LogP contribution in [0.2, 0.25) is 0 Å². The van der Waals surface area contributed by atoms with E-state index in [-0.39, 0.29) is 29.9 Å². The average Bonchev–Trinajstić information content (AvgIpc) is 3.55. The number of para-hydroxylation sites is 1. The number of fused-ring (bicyclic) bond motifs is 1. The van der Waals surface area contributed by atoms with Crippen molar-refractivity contribution in [2.75, 3.05) is 44.9 Å². The number of piperidine rings is 1. The Morgan fingerprint density at radius 1 is 1.06 bits per heavy atom. The second-order valence-corrected chi connectivity index (χ2v) is 14.7. The summed E-state index contributed by atoms with van der Waals surface area (Å²) in [6, 6.07) is 10.4. The molecule has 2 atom stereocenters. The minimum Gasteiger partial charge on any atom is -0.488 e. The number of benzene rings is 2. The highest BCUT2D eigenvalue weighted by Gasteiger charge is 2.38. The summed E-state index contributed by atoms with van der Waals surface area (Å²) in [5.74, 6) is 0.438. The van der Waals surface area contributed by atoms with Crippen molar-refractivity contribution in [1.29, 1.82) is 0 Å². The zero-order valence-corrected chi connectivity index (χ0v) is 29.3. The summed E-state index contributed by atoms with van der Waals surface area (Å²) in [6.07, 6.45) is 3.04. The second-order valence-electron chi connectivity index (χ2n) is 13.9. The topological polar surface area (TPSA) is 90.4 Å². The van der Waals surface area contributed by atoms with Gasteiger partial charge in [-0.25, -0.2) is 4.98 Å². The SMILES string of the molecule is COC1CN(c2nc(-c3cccc(C)c3OCc3ccc4c(c3C)CCN(C3CCOCC3)C4=O)cs2)CC[C@H]1C(=O)OC(C)(C)C. The maximum Gasteiger partial charge on any atom is 0.312 e. The molecule has 0 spiro atoms. The number of esters is 1. The third kappa shape index (κ3) is 7.20. The Kier molecular flexibility index (Phi) is 9.92. The fraction of sp³-hybridized carbons (Fsp3) is 0.541. The molecule has 1 unspecified atom stereocenters. The molecule has 0 saturated carbocycles. The summed E-state index contributed by atoms with van der Waals surface area (Å²) in [5, 5.41) is 2.96. The summed E-state index contributed by atoms with van der Waals surface area (Å²) in [7, 11) is 1.65. The van der Waals surface area contributed by atoms with E-state index in [0.29, 0.717) is 26.1 Å². The van der Waals surface area contributed by atoms with Crippen molar-refractivity contribution in [3.63, 3.8) is 0 Å². The lowest BCUT2D eigenvalue weighted by Gasteiger charge is -2.38. The summed E-state index contributed by atoms with van der Waals surface area (Å²) >= 11 is 1.59. The number of carbonyl (C=O) groups is 2. The van der Waals surface area contributed by atoms with E-state index in [4.69, 9.17) is 23.9 Å². The molecule has 1 amide bonds. The summed E-state index contributed by atoms with van der Waals surface area (Å²) in [5.41, 5.74) is 6.48. The zero-order valence-electron chi connectivity index (χ0n) is 28.5. The lowest BCUT2D eigenvalue weighted by Crippen LogP contribution is -2.49. The molecule has 3 aliphatic heterocycles. The molecule has 2 saturated heterocycles. The van der Waals surface area contributed by atoms with E-state index in [2.05, 4.69) is 41.2 Å². The lowest BCUT2D eigenvalue weighted by atomic mass is 9.90. The zero-order chi connectivity index (χ0) is 33.3. The van der Waals surface area contributed by atoms with Crippen LogP contribution in [0.3, 0.4) is 0 Å². The first-order valence-corrected chi connectivity index (χ1v) is 17.6. The number of ether oxygens (including phenoxy) is 4. The highest BCUT2D eigenvalue weighted by Crippen LogP contribution is 2.38. The smallest absolute Gasteiger partial charge is 0.312 e. The molecule has 0 bridgehead atoms. The molecule has 47 heavy (non-hydrogen) atoms. The van der Waals surface area contributed by atoms with E-state index >= 15 is 0 Å². The number of nitrogens with zero attached hydrogens (tertiary/aromatic N) is 3. The monoisotopic (exact) mass is 661 g/mol. The molecule has 1 aromatic heterocycles. The van der Waals surface area contributed by atoms with E-state index in [1.807, 2.05) is 39.0 Å². The third-order valence-corrected chi connectivity index (χ3v) is 10.5. The van der Waals surface area contributed by atoms with Gasteiger partial charge in [0.05, 0.1) is 17.7 Å². The molecule has 4 heterocycles. The number of hydrogen-bond acceptors (Lipinski definition) is 9. The lowest BCUT2D eigenvalue weighted by molar-refractivity contribution is -0.165. The number of rotatable bonds is 8. The predicted octanol–water partition coefficient (Wildman–Crippen LogP) is 6.37. The molecule has 6 rings (SSSR count). The van der Waals surface area contributed by atoms with Crippen LogP contribution in [0.5, 0.6) is 5.75 Å². The van der Waals surface area contributed by atoms with Crippen LogP contribution >= 0.6 is 11.3 Å². The maximum atomic E-state index is 13.5. The number of hydrogen-bond donors (Lipinski definition) is 0. The van der Waals surface area contributed by atoms with Crippen LogP contribution < -0.4 is 9.64 Å². The minimum absolute atomic E-state index is 0.139. The van der Waals surface area contributed by atoms with Crippen molar-refractivity contribution in [1.82, 2.24) is 9.88 Å². The number of methoxy groups -OCH3 is 1. The second kappa shape index (κ2) is 13.9. The van der Waals surface area contributed by atoms with Crippen molar-refractivity contribution in [3.8, 4) is 17.0 Å². The fourth-order valence-electron chi connectivity index (χ4n) is 7.02. The Balaban J connectivity index is 1.15. The van der Waals surface area contributed by atoms with Gasteiger partial charge in [0.25, 0.3) is 5.91 Å². The van der Waals surface area contributed by atoms with Gasteiger partial charge in [0.2, 0.25) is 0 Å². The maximum absolute atomic E-state index is 13.5. The van der Waals surface area contributed by atoms with E-state index < -0.39 is 5.60 Å². The van der Waals surface area contributed by atoms with Crippen LogP contribution in [0.15, 0.2) is 35.7 Å². The number of thiazole rings is 1. The molecule has 3 aromatic rings. The fourth-order valence-corrected chi connectivity index (χ4v) is 7.89. The number of carbonyl (C=O) groups excluding carboxylic acids is 2. The largest absolute Gasteiger partial charge is 0.488 e. The Labute approximate surface area is 282 Å². The number of aromatic nitrogens is 1. The number of amides is 1. The first kappa shape index (κ1) is 33.4. The van der Waals surface area contributed by atoms with Gasteiger partial charge < -0.3 is 28.7 Å². The van der Waals surface area contributed by atoms with Gasteiger partial charge in [-0.15, -0.1) is 11.3 Å². The van der Waals surface area contributed by atoms with Crippen LogP contribution in [0, 0.1) is 19.8 Å². The van der Waals surface area contributed by atoms with Crippen LogP contribution in [-0.4, -0.2) is 79.5 Å². The molecule has 3 aliphatic rings. The van der Waals surface area contributed by atoms with E-state index in [0.717, 1.165) is 89.0 Å². The average molecular weight is 662 g/mol. The van der Waals surface area contributed by atoms with Crippen molar-refractivity contribution < 1.29 is 28.5 Å². The molecule has 2 aromatic carbocycles. The Morgan fingerprint density at radius 2 is 1.85 bits per heavy atom. The van der Waals surface area contributed by atoms with Gasteiger partial charge in [-0.2, -0.15) is 0 Å². The molecular weight excluding hydrogens is 614 g/mol. The molecule has 9 nitrogen and oxygen atoms in total. The van der Waals surface area contributed by atoms with Crippen LogP contribution in [-0.2, 0) is 32.0 Å². The number of anilines is 1. The van der Waals surface area contributed by atoms with Crippen molar-refractivity contribution in [2.24, 2.45) is 5.92 Å². The number of aryl methyl sites for hydroxylation is 1. The standard InChI is InChI=1S/C37H47N3O6S/c1-23-8-7-9-29(31-22-47-36(38-31)39-16-12-30(32(20-39)43-6)35(42)46-37(3,4)5)33(23)45-21-25-10-11-28-27(24(25)2)13-17-40(34(28)41)26-14-18-44-19-15-26/h7-11,22,26,30,32H,12-21H2,1-6H3/t30-,32?/m1/s1. The highest BCUT2D eigenvalue weighted by atomic mass is 32.1. The van der Waals surface area contributed by atoms with Crippen molar-refractivity contribution in [2.45, 2.75) is 84.7 Å². The Bertz CT molecular complexity index is 1610. The molecule has 0 N–H and O–H groups in total. The minimum atomic E-state index is -0.533. The van der Waals surface area contributed by atoms with Gasteiger partial charge in [-0.1, -0.05) is 18.2 Å². The van der Waals surface area contributed by atoms with Gasteiger partial charge >= 0.3 is 5.97 Å². The molecular formula is C37H47N3O6S. The van der Waals surface area contributed by atoms with Gasteiger partial charge in [0.1, 0.15) is 18.0 Å². The first-order chi connectivity index (χ1) is 22.5. The van der Waals surface area contributed by atoms with E-state index in [1.54, 1.807) is 18.4 Å². The Morgan fingerprint density at radius 3 is 2.60 bits per heavy atom. The van der Waals surface area contributed by atoms with Gasteiger partial charge in [-0.05, 0) is 94.7 Å². The molecule has 0 radical (unpaired) electrons. The molecule has 2 fully saturated rings. The van der Waals surface area contributed by atoms with Crippen LogP contribution in [0.1, 0.15) is 72.6 Å². The van der Waals surface area contributed by atoms with Crippen LogP contribution in [0.4, 0.5) is 5.13 Å². The van der Waals surface area contributed by atoms with Gasteiger partial charge in [0, 0.05) is 62.5 Å². The molecule has 252 valence electrons. The molecule has 10 heteroatoms. The normalized spacial score (nSPS) is 20.7. The summed E-state index contributed by atoms with van der Waals surface area (Å²) < 4.78 is 23.5. The Hall–Kier alpha value is -3.47. The highest BCUT2D eigenvalue weighted by molar-refractivity contribution is 7.14. The van der Waals surface area contributed by atoms with Crippen molar-refractivity contribution >= 4 is 28.3 Å². The summed E-state index contributed by atoms with van der Waals surface area (Å²) in [4.78, 5) is 35.6. The predicted molar refractivity (Wildman–Crippen MR) is 183 cm³/mol. The first-order valence-electron chi connectivity index (χ1n) is 16.7. The third-order valence-electron chi connectivity index (χ3n) is 9.63. The van der Waals surface area contributed by atoms with Gasteiger partial charge in [0.15, 0.2) is 5.13 Å². The van der Waals surface area contributed by atoms with E-state index in [1.165, 1.54) is 0 Å². The van der Waals surface area contributed by atoms with Crippen molar-refractivity contribution in [3.05, 3.63) is 63.5 Å². The summed E-state index contributed by atoms with van der Waals surface area (Å²) in [6.45, 7) is 13.7. The molecule has 0 aliphatic carbocycles. The quantitative estimate of drug-likeness (QED) is 0.258.